The summed E-state index contributed by atoms with van der Waals surface area (Å²) < 4.78 is 0. The predicted octanol–water partition coefficient (Wildman–Crippen LogP) is 4.14. The minimum Gasteiger partial charge on any atom is -0.152 e. The summed E-state index contributed by atoms with van der Waals surface area (Å²) in [7, 11) is 0. The lowest BCUT2D eigenvalue weighted by molar-refractivity contribution is 1.46. The highest BCUT2D eigenvalue weighted by Crippen LogP contribution is 2.30. The van der Waals surface area contributed by atoms with Gasteiger partial charge in [-0.05, 0) is 40.3 Å². The molecule has 0 aliphatic rings. The predicted molar refractivity (Wildman–Crippen MR) is 61.5 cm³/mol. The lowest BCUT2D eigenvalue weighted by atomic mass is 10.1. The summed E-state index contributed by atoms with van der Waals surface area (Å²) in [5, 5.41) is 4.31. The summed E-state index contributed by atoms with van der Waals surface area (Å²) >= 11 is 3.54. The van der Waals surface area contributed by atoms with Crippen molar-refractivity contribution in [3.05, 3.63) is 41.1 Å². The van der Waals surface area contributed by atoms with Crippen molar-refractivity contribution in [2.24, 2.45) is 0 Å². The third kappa shape index (κ3) is 1.79. The molecule has 0 amide bonds. The molecule has 1 aromatic heterocycles. The molecule has 13 heavy (non-hydrogen) atoms. The fourth-order valence-corrected chi connectivity index (χ4v) is 2.58. The van der Waals surface area contributed by atoms with E-state index >= 15 is 0 Å². The van der Waals surface area contributed by atoms with Crippen LogP contribution in [0.25, 0.3) is 11.1 Å². The number of thiophene rings is 1. The Labute approximate surface area is 86.6 Å². The molecule has 0 radical (unpaired) electrons. The van der Waals surface area contributed by atoms with Gasteiger partial charge in [0.1, 0.15) is 0 Å². The van der Waals surface area contributed by atoms with Crippen molar-refractivity contribution in [2.75, 3.05) is 6.26 Å². The molecule has 66 valence electrons. The van der Waals surface area contributed by atoms with Crippen molar-refractivity contribution >= 4 is 23.1 Å². The number of benzene rings is 1. The molecule has 0 N–H and O–H groups in total. The Hall–Kier alpha value is -0.730. The maximum absolute atomic E-state index is 2.19. The van der Waals surface area contributed by atoms with Gasteiger partial charge >= 0.3 is 0 Å². The Morgan fingerprint density at radius 3 is 2.69 bits per heavy atom. The first kappa shape index (κ1) is 8.85. The van der Waals surface area contributed by atoms with Gasteiger partial charge in [0.05, 0.1) is 0 Å². The first-order valence-corrected chi connectivity index (χ1v) is 6.24. The Kier molecular flexibility index (Phi) is 2.71. The van der Waals surface area contributed by atoms with Gasteiger partial charge in [0.25, 0.3) is 0 Å². The molecular formula is C11H10S2. The Morgan fingerprint density at radius 1 is 1.15 bits per heavy atom. The molecule has 0 spiro atoms. The van der Waals surface area contributed by atoms with Crippen LogP contribution in [-0.2, 0) is 0 Å². The summed E-state index contributed by atoms with van der Waals surface area (Å²) in [6.07, 6.45) is 2.12. The minimum absolute atomic E-state index is 1.33. The van der Waals surface area contributed by atoms with Crippen LogP contribution in [0.4, 0.5) is 0 Å². The molecule has 0 fully saturated rings. The first-order valence-electron chi connectivity index (χ1n) is 4.07. The molecular weight excluding hydrogens is 196 g/mol. The van der Waals surface area contributed by atoms with Crippen LogP contribution in [0.2, 0.25) is 0 Å². The number of hydrogen-bond donors (Lipinski definition) is 0. The molecule has 0 atom stereocenters. The number of rotatable bonds is 2. The van der Waals surface area contributed by atoms with Crippen LogP contribution in [-0.4, -0.2) is 6.26 Å². The summed E-state index contributed by atoms with van der Waals surface area (Å²) in [6.45, 7) is 0. The lowest BCUT2D eigenvalue weighted by Crippen LogP contribution is -1.77. The van der Waals surface area contributed by atoms with E-state index in [2.05, 4.69) is 47.3 Å². The second-order valence-electron chi connectivity index (χ2n) is 2.71. The van der Waals surface area contributed by atoms with Crippen LogP contribution >= 0.6 is 23.1 Å². The van der Waals surface area contributed by atoms with E-state index in [1.807, 2.05) is 0 Å². The highest BCUT2D eigenvalue weighted by molar-refractivity contribution is 7.98. The molecule has 0 bridgehead atoms. The van der Waals surface area contributed by atoms with Crippen molar-refractivity contribution in [1.29, 1.82) is 0 Å². The molecule has 0 saturated heterocycles. The lowest BCUT2D eigenvalue weighted by Gasteiger charge is -2.03. The standard InChI is InChI=1S/C11H10S2/c1-12-11-5-3-2-4-10(11)9-6-7-13-8-9/h2-8H,1H3. The van der Waals surface area contributed by atoms with E-state index in [-0.39, 0.29) is 0 Å². The second-order valence-corrected chi connectivity index (χ2v) is 4.34. The Bertz CT molecular complexity index is 377. The summed E-state index contributed by atoms with van der Waals surface area (Å²) in [5.41, 5.74) is 2.67. The van der Waals surface area contributed by atoms with Crippen LogP contribution in [0.15, 0.2) is 46.0 Å². The van der Waals surface area contributed by atoms with Gasteiger partial charge in [-0.15, -0.1) is 11.8 Å². The van der Waals surface area contributed by atoms with Crippen molar-refractivity contribution in [3.63, 3.8) is 0 Å². The first-order chi connectivity index (χ1) is 6.42. The van der Waals surface area contributed by atoms with Crippen LogP contribution in [0.1, 0.15) is 0 Å². The minimum atomic E-state index is 1.33. The van der Waals surface area contributed by atoms with E-state index in [9.17, 15) is 0 Å². The van der Waals surface area contributed by atoms with Crippen molar-refractivity contribution in [2.45, 2.75) is 4.90 Å². The summed E-state index contributed by atoms with van der Waals surface area (Å²) in [5.74, 6) is 0. The third-order valence-electron chi connectivity index (χ3n) is 1.94. The monoisotopic (exact) mass is 206 g/mol. The van der Waals surface area contributed by atoms with Crippen LogP contribution in [0, 0.1) is 0 Å². The smallest absolute Gasteiger partial charge is 0.0148 e. The van der Waals surface area contributed by atoms with Gasteiger partial charge in [-0.2, -0.15) is 11.3 Å². The number of hydrogen-bond acceptors (Lipinski definition) is 2. The quantitative estimate of drug-likeness (QED) is 0.665. The maximum Gasteiger partial charge on any atom is 0.0148 e. The van der Waals surface area contributed by atoms with Gasteiger partial charge < -0.3 is 0 Å². The van der Waals surface area contributed by atoms with E-state index < -0.39 is 0 Å². The van der Waals surface area contributed by atoms with Gasteiger partial charge in [-0.3, -0.25) is 0 Å². The molecule has 0 aliphatic heterocycles. The zero-order valence-corrected chi connectivity index (χ0v) is 8.99. The van der Waals surface area contributed by atoms with Crippen molar-refractivity contribution in [3.8, 4) is 11.1 Å². The van der Waals surface area contributed by atoms with Crippen molar-refractivity contribution in [1.82, 2.24) is 0 Å². The second kappa shape index (κ2) is 3.99. The fraction of sp³-hybridized carbons (Fsp3) is 0.0909. The third-order valence-corrected chi connectivity index (χ3v) is 3.42. The van der Waals surface area contributed by atoms with Gasteiger partial charge in [0.15, 0.2) is 0 Å². The van der Waals surface area contributed by atoms with Gasteiger partial charge in [0, 0.05) is 4.90 Å². The van der Waals surface area contributed by atoms with Gasteiger partial charge in [-0.25, -0.2) is 0 Å². The van der Waals surface area contributed by atoms with E-state index in [1.165, 1.54) is 16.0 Å². The molecule has 0 unspecified atom stereocenters. The van der Waals surface area contributed by atoms with E-state index in [4.69, 9.17) is 0 Å². The molecule has 0 saturated carbocycles. The zero-order valence-electron chi connectivity index (χ0n) is 7.36. The van der Waals surface area contributed by atoms with Crippen molar-refractivity contribution < 1.29 is 0 Å². The van der Waals surface area contributed by atoms with E-state index in [0.29, 0.717) is 0 Å². The summed E-state index contributed by atoms with van der Waals surface area (Å²) in [4.78, 5) is 1.35. The molecule has 2 aromatic rings. The average molecular weight is 206 g/mol. The molecule has 1 aromatic carbocycles. The van der Waals surface area contributed by atoms with Gasteiger partial charge in [0.2, 0.25) is 0 Å². The topological polar surface area (TPSA) is 0 Å². The fourth-order valence-electron chi connectivity index (χ4n) is 1.30. The Balaban J connectivity index is 2.51. The maximum atomic E-state index is 2.19. The highest BCUT2D eigenvalue weighted by atomic mass is 32.2. The largest absolute Gasteiger partial charge is 0.152 e. The van der Waals surface area contributed by atoms with Gasteiger partial charge in [-0.1, -0.05) is 18.2 Å². The van der Waals surface area contributed by atoms with Crippen LogP contribution in [0.5, 0.6) is 0 Å². The molecule has 2 heteroatoms. The molecule has 0 aliphatic carbocycles. The normalized spacial score (nSPS) is 10.2. The zero-order chi connectivity index (χ0) is 9.10. The molecule has 2 rings (SSSR count). The Morgan fingerprint density at radius 2 is 2.00 bits per heavy atom. The highest BCUT2D eigenvalue weighted by Gasteiger charge is 2.02. The van der Waals surface area contributed by atoms with E-state index in [1.54, 1.807) is 23.1 Å². The SMILES string of the molecule is CSc1ccccc1-c1ccsc1. The number of thioether (sulfide) groups is 1. The summed E-state index contributed by atoms with van der Waals surface area (Å²) in [6, 6.07) is 10.7. The molecule has 1 heterocycles. The average Bonchev–Trinajstić information content (AvgIpc) is 2.70. The molecule has 0 nitrogen and oxygen atoms in total. The van der Waals surface area contributed by atoms with E-state index in [0.717, 1.165) is 0 Å². The van der Waals surface area contributed by atoms with Crippen LogP contribution < -0.4 is 0 Å². The van der Waals surface area contributed by atoms with Crippen LogP contribution in [0.3, 0.4) is 0 Å².